The molecule has 2 aromatic rings. The highest BCUT2D eigenvalue weighted by atomic mass is 32.2. The van der Waals surface area contributed by atoms with E-state index in [1.807, 2.05) is 30.3 Å². The van der Waals surface area contributed by atoms with E-state index in [2.05, 4.69) is 16.9 Å². The van der Waals surface area contributed by atoms with Crippen molar-refractivity contribution in [1.82, 2.24) is 14.6 Å². The first kappa shape index (κ1) is 20.3. The van der Waals surface area contributed by atoms with Crippen LogP contribution < -0.4 is 5.32 Å². The van der Waals surface area contributed by atoms with Gasteiger partial charge in [0.2, 0.25) is 5.91 Å². The SMILES string of the molecule is C=CC(=O)NC1CCN(S(=O)(=O)c2sc(-c3ccccc3)nc2C)C2(CCC2)C1. The zero-order chi connectivity index (χ0) is 20.6. The average molecular weight is 432 g/mol. The van der Waals surface area contributed by atoms with E-state index in [0.29, 0.717) is 29.3 Å². The molecule has 1 unspecified atom stereocenters. The summed E-state index contributed by atoms with van der Waals surface area (Å²) >= 11 is 1.24. The smallest absolute Gasteiger partial charge is 0.254 e. The summed E-state index contributed by atoms with van der Waals surface area (Å²) in [6.45, 7) is 5.67. The van der Waals surface area contributed by atoms with Crippen LogP contribution in [-0.4, -0.2) is 41.7 Å². The van der Waals surface area contributed by atoms with Gasteiger partial charge in [-0.25, -0.2) is 13.4 Å². The van der Waals surface area contributed by atoms with E-state index >= 15 is 0 Å². The Morgan fingerprint density at radius 1 is 1.34 bits per heavy atom. The lowest BCUT2D eigenvalue weighted by Gasteiger charge is -2.53. The second kappa shape index (κ2) is 7.66. The van der Waals surface area contributed by atoms with Crippen LogP contribution in [0.1, 0.15) is 37.8 Å². The number of amides is 1. The second-order valence-electron chi connectivity index (χ2n) is 7.82. The number of carbonyl (C=O) groups excluding carboxylic acids is 1. The minimum Gasteiger partial charge on any atom is -0.350 e. The van der Waals surface area contributed by atoms with Crippen molar-refractivity contribution >= 4 is 27.3 Å². The molecule has 8 heteroatoms. The van der Waals surface area contributed by atoms with Crippen LogP contribution in [0.2, 0.25) is 0 Å². The number of carbonyl (C=O) groups is 1. The normalized spacial score (nSPS) is 21.5. The molecule has 2 aliphatic rings. The van der Waals surface area contributed by atoms with Crippen LogP contribution in [0.4, 0.5) is 0 Å². The number of piperidine rings is 1. The number of hydrogen-bond acceptors (Lipinski definition) is 5. The van der Waals surface area contributed by atoms with E-state index in [4.69, 9.17) is 0 Å². The first-order valence-corrected chi connectivity index (χ1v) is 12.1. The van der Waals surface area contributed by atoms with Crippen LogP contribution in [-0.2, 0) is 14.8 Å². The summed E-state index contributed by atoms with van der Waals surface area (Å²) in [4.78, 5) is 16.3. The van der Waals surface area contributed by atoms with Crippen LogP contribution in [0.15, 0.2) is 47.2 Å². The summed E-state index contributed by atoms with van der Waals surface area (Å²) in [6.07, 6.45) is 5.18. The van der Waals surface area contributed by atoms with Crippen LogP contribution in [0.25, 0.3) is 10.6 Å². The number of sulfonamides is 1. The topological polar surface area (TPSA) is 79.4 Å². The maximum atomic E-state index is 13.6. The van der Waals surface area contributed by atoms with Gasteiger partial charge in [-0.15, -0.1) is 11.3 Å². The van der Waals surface area contributed by atoms with Crippen molar-refractivity contribution < 1.29 is 13.2 Å². The van der Waals surface area contributed by atoms with Crippen molar-refractivity contribution in [1.29, 1.82) is 0 Å². The zero-order valence-corrected chi connectivity index (χ0v) is 18.1. The molecule has 6 nitrogen and oxygen atoms in total. The Hall–Kier alpha value is -2.03. The Balaban J connectivity index is 1.63. The number of nitrogens with one attached hydrogen (secondary N) is 1. The predicted molar refractivity (Wildman–Crippen MR) is 114 cm³/mol. The monoisotopic (exact) mass is 431 g/mol. The number of aromatic nitrogens is 1. The van der Waals surface area contributed by atoms with Crippen molar-refractivity contribution in [3.05, 3.63) is 48.7 Å². The van der Waals surface area contributed by atoms with Gasteiger partial charge in [0, 0.05) is 23.7 Å². The molecule has 4 rings (SSSR count). The first-order chi connectivity index (χ1) is 13.9. The van der Waals surface area contributed by atoms with Crippen LogP contribution in [0.5, 0.6) is 0 Å². The largest absolute Gasteiger partial charge is 0.350 e. The van der Waals surface area contributed by atoms with Crippen molar-refractivity contribution in [3.8, 4) is 10.6 Å². The molecule has 0 radical (unpaired) electrons. The molecule has 2 heterocycles. The van der Waals surface area contributed by atoms with Gasteiger partial charge in [-0.3, -0.25) is 4.79 Å². The highest BCUT2D eigenvalue weighted by molar-refractivity contribution is 7.91. The van der Waals surface area contributed by atoms with Gasteiger partial charge in [0.25, 0.3) is 10.0 Å². The quantitative estimate of drug-likeness (QED) is 0.735. The fourth-order valence-corrected chi connectivity index (χ4v) is 7.86. The minimum atomic E-state index is -3.65. The van der Waals surface area contributed by atoms with Gasteiger partial charge < -0.3 is 5.32 Å². The highest BCUT2D eigenvalue weighted by Crippen LogP contribution is 2.48. The third-order valence-electron chi connectivity index (χ3n) is 5.95. The van der Waals surface area contributed by atoms with Gasteiger partial charge in [0.05, 0.1) is 5.69 Å². The third kappa shape index (κ3) is 3.65. The standard InChI is InChI=1S/C21H25N3O3S2/c1-3-18(25)23-17-10-13-24(21(14-17)11-7-12-21)29(26,27)20-15(2)22-19(28-20)16-8-5-4-6-9-16/h3-6,8-9,17H,1,7,10-14H2,2H3,(H,23,25). The van der Waals surface area contributed by atoms with E-state index in [9.17, 15) is 13.2 Å². The molecule has 1 atom stereocenters. The molecule has 0 bridgehead atoms. The lowest BCUT2D eigenvalue weighted by Crippen LogP contribution is -2.63. The molecule has 1 saturated heterocycles. The minimum absolute atomic E-state index is 0.0188. The number of hydrogen-bond donors (Lipinski definition) is 1. The Morgan fingerprint density at radius 3 is 2.69 bits per heavy atom. The van der Waals surface area contributed by atoms with Crippen LogP contribution >= 0.6 is 11.3 Å². The fourth-order valence-electron chi connectivity index (χ4n) is 4.40. The van der Waals surface area contributed by atoms with Gasteiger partial charge >= 0.3 is 0 Å². The molecular weight excluding hydrogens is 406 g/mol. The lowest BCUT2D eigenvalue weighted by atomic mass is 9.70. The number of nitrogens with zero attached hydrogens (tertiary/aromatic N) is 2. The van der Waals surface area contributed by atoms with Gasteiger partial charge in [0.1, 0.15) is 5.01 Å². The van der Waals surface area contributed by atoms with Crippen molar-refractivity contribution in [2.45, 2.75) is 54.8 Å². The van der Waals surface area contributed by atoms with E-state index in [1.165, 1.54) is 17.4 Å². The molecule has 1 N–H and O–H groups in total. The Morgan fingerprint density at radius 2 is 2.07 bits per heavy atom. The maximum Gasteiger partial charge on any atom is 0.254 e. The van der Waals surface area contributed by atoms with Gasteiger partial charge in [0.15, 0.2) is 4.21 Å². The third-order valence-corrected chi connectivity index (χ3v) is 9.75. The van der Waals surface area contributed by atoms with Gasteiger partial charge in [-0.1, -0.05) is 36.9 Å². The number of aryl methyl sites for hydroxylation is 1. The number of benzene rings is 1. The van der Waals surface area contributed by atoms with E-state index in [0.717, 1.165) is 29.8 Å². The van der Waals surface area contributed by atoms with E-state index in [-0.39, 0.29) is 11.9 Å². The molecule has 1 aromatic carbocycles. The zero-order valence-electron chi connectivity index (χ0n) is 16.4. The average Bonchev–Trinajstić information content (AvgIpc) is 3.09. The summed E-state index contributed by atoms with van der Waals surface area (Å²) in [5, 5.41) is 3.67. The number of thiazole rings is 1. The summed E-state index contributed by atoms with van der Waals surface area (Å²) in [6, 6.07) is 9.63. The Labute approximate surface area is 175 Å². The van der Waals surface area contributed by atoms with Crippen LogP contribution in [0.3, 0.4) is 0 Å². The molecule has 2 fully saturated rings. The summed E-state index contributed by atoms with van der Waals surface area (Å²) < 4.78 is 29.3. The van der Waals surface area contributed by atoms with Gasteiger partial charge in [-0.05, 0) is 45.1 Å². The molecule has 1 aromatic heterocycles. The summed E-state index contributed by atoms with van der Waals surface area (Å²) in [7, 11) is -3.65. The summed E-state index contributed by atoms with van der Waals surface area (Å²) in [5.41, 5.74) is 1.07. The van der Waals surface area contributed by atoms with Crippen molar-refractivity contribution in [3.63, 3.8) is 0 Å². The number of rotatable bonds is 5. The first-order valence-electron chi connectivity index (χ1n) is 9.84. The fraction of sp³-hybridized carbons (Fsp3) is 0.429. The van der Waals surface area contributed by atoms with Gasteiger partial charge in [-0.2, -0.15) is 4.31 Å². The molecule has 154 valence electrons. The van der Waals surface area contributed by atoms with Crippen molar-refractivity contribution in [2.24, 2.45) is 0 Å². The molecule has 1 aliphatic carbocycles. The predicted octanol–water partition coefficient (Wildman–Crippen LogP) is 3.50. The van der Waals surface area contributed by atoms with E-state index in [1.54, 1.807) is 11.2 Å². The van der Waals surface area contributed by atoms with Crippen molar-refractivity contribution in [2.75, 3.05) is 6.54 Å². The molecule has 29 heavy (non-hydrogen) atoms. The molecule has 1 aliphatic heterocycles. The molecule has 1 spiro atoms. The molecular formula is C21H25N3O3S2. The Kier molecular flexibility index (Phi) is 5.35. The summed E-state index contributed by atoms with van der Waals surface area (Å²) in [5.74, 6) is -0.202. The molecule has 1 amide bonds. The highest BCUT2D eigenvalue weighted by Gasteiger charge is 2.52. The molecule has 1 saturated carbocycles. The lowest BCUT2D eigenvalue weighted by molar-refractivity contribution is -0.117. The Bertz CT molecular complexity index is 1030. The van der Waals surface area contributed by atoms with E-state index < -0.39 is 15.6 Å². The maximum absolute atomic E-state index is 13.6. The van der Waals surface area contributed by atoms with Crippen LogP contribution in [0, 0.1) is 6.92 Å². The second-order valence-corrected chi connectivity index (χ2v) is 10.9.